The summed E-state index contributed by atoms with van der Waals surface area (Å²) in [4.78, 5) is 18.7. The minimum absolute atomic E-state index is 0.00131. The summed E-state index contributed by atoms with van der Waals surface area (Å²) >= 11 is 1.65. The highest BCUT2D eigenvalue weighted by Crippen LogP contribution is 2.16. The predicted octanol–water partition coefficient (Wildman–Crippen LogP) is 4.55. The van der Waals surface area contributed by atoms with Crippen molar-refractivity contribution in [2.45, 2.75) is 46.1 Å². The number of rotatable bonds is 9. The van der Waals surface area contributed by atoms with E-state index in [-0.39, 0.29) is 5.91 Å². The van der Waals surface area contributed by atoms with Gasteiger partial charge in [-0.05, 0) is 37.1 Å². The second-order valence-corrected chi connectivity index (χ2v) is 6.77. The Labute approximate surface area is 148 Å². The number of hydrogen-bond acceptors (Lipinski definition) is 4. The highest BCUT2D eigenvalue weighted by Gasteiger charge is 2.13. The van der Waals surface area contributed by atoms with Gasteiger partial charge < -0.3 is 9.64 Å². The van der Waals surface area contributed by atoms with Crippen molar-refractivity contribution < 1.29 is 9.53 Å². The summed E-state index contributed by atoms with van der Waals surface area (Å²) in [6, 6.07) is 7.38. The van der Waals surface area contributed by atoms with E-state index in [4.69, 9.17) is 4.74 Å². The molecule has 0 aliphatic rings. The molecule has 5 heteroatoms. The molecule has 0 fully saturated rings. The van der Waals surface area contributed by atoms with E-state index in [0.29, 0.717) is 12.1 Å². The summed E-state index contributed by atoms with van der Waals surface area (Å²) in [5, 5.41) is 3.13. The van der Waals surface area contributed by atoms with Gasteiger partial charge in [0.2, 0.25) is 0 Å². The predicted molar refractivity (Wildman–Crippen MR) is 98.8 cm³/mol. The molecule has 0 bridgehead atoms. The Kier molecular flexibility index (Phi) is 7.25. The van der Waals surface area contributed by atoms with Crippen LogP contribution in [0.4, 0.5) is 0 Å². The molecule has 0 spiro atoms. The smallest absolute Gasteiger partial charge is 0.253 e. The van der Waals surface area contributed by atoms with Gasteiger partial charge in [0, 0.05) is 18.0 Å². The van der Waals surface area contributed by atoms with Crippen LogP contribution in [0.15, 0.2) is 29.6 Å². The number of amides is 1. The summed E-state index contributed by atoms with van der Waals surface area (Å²) in [6.07, 6.45) is 4.36. The molecule has 1 aromatic carbocycles. The molecule has 0 atom stereocenters. The average Bonchev–Trinajstić information content (AvgIpc) is 3.06. The van der Waals surface area contributed by atoms with Gasteiger partial charge >= 0.3 is 0 Å². The van der Waals surface area contributed by atoms with Gasteiger partial charge in [0.15, 0.2) is 0 Å². The van der Waals surface area contributed by atoms with Gasteiger partial charge in [-0.3, -0.25) is 4.79 Å². The number of benzene rings is 1. The van der Waals surface area contributed by atoms with Crippen molar-refractivity contribution in [3.05, 3.63) is 45.9 Å². The Balaban J connectivity index is 1.88. The van der Waals surface area contributed by atoms with Gasteiger partial charge in [-0.2, -0.15) is 0 Å². The number of aromatic nitrogens is 1. The number of hydrogen-bond donors (Lipinski definition) is 0. The molecule has 0 radical (unpaired) electrons. The zero-order chi connectivity index (χ0) is 17.4. The molecule has 0 aliphatic heterocycles. The number of ether oxygens (including phenoxy) is 1. The van der Waals surface area contributed by atoms with Crippen molar-refractivity contribution in [2.24, 2.45) is 0 Å². The second kappa shape index (κ2) is 9.42. The van der Waals surface area contributed by atoms with Crippen LogP contribution >= 0.6 is 11.3 Å². The lowest BCUT2D eigenvalue weighted by atomic mass is 10.2. The Morgan fingerprint density at radius 3 is 2.58 bits per heavy atom. The molecular weight excluding hydrogens is 320 g/mol. The molecule has 130 valence electrons. The molecule has 0 N–H and O–H groups in total. The summed E-state index contributed by atoms with van der Waals surface area (Å²) in [5.41, 5.74) is 1.62. The fourth-order valence-corrected chi connectivity index (χ4v) is 3.09. The largest absolute Gasteiger partial charge is 0.494 e. The normalized spacial score (nSPS) is 10.6. The lowest BCUT2D eigenvalue weighted by Gasteiger charge is -2.16. The highest BCUT2D eigenvalue weighted by molar-refractivity contribution is 7.09. The molecule has 0 aliphatic carbocycles. The van der Waals surface area contributed by atoms with Gasteiger partial charge in [-0.15, -0.1) is 11.3 Å². The number of nitrogens with zero attached hydrogens (tertiary/aromatic N) is 2. The Morgan fingerprint density at radius 2 is 1.96 bits per heavy atom. The van der Waals surface area contributed by atoms with Gasteiger partial charge in [0.25, 0.3) is 5.91 Å². The first-order chi connectivity index (χ1) is 11.6. The van der Waals surface area contributed by atoms with E-state index in [0.717, 1.165) is 35.9 Å². The summed E-state index contributed by atoms with van der Waals surface area (Å²) < 4.78 is 5.68. The summed E-state index contributed by atoms with van der Waals surface area (Å²) in [5.74, 6) is 0.816. The van der Waals surface area contributed by atoms with Gasteiger partial charge in [-0.1, -0.05) is 26.7 Å². The molecular formula is C19H26N2O2S. The quantitative estimate of drug-likeness (QED) is 0.626. The monoisotopic (exact) mass is 346 g/mol. The van der Waals surface area contributed by atoms with E-state index >= 15 is 0 Å². The topological polar surface area (TPSA) is 42.4 Å². The maximum atomic E-state index is 12.5. The van der Waals surface area contributed by atoms with Crippen molar-refractivity contribution in [2.75, 3.05) is 13.7 Å². The maximum Gasteiger partial charge on any atom is 0.253 e. The first-order valence-corrected chi connectivity index (χ1v) is 9.43. The van der Waals surface area contributed by atoms with Crippen LogP contribution in [0.2, 0.25) is 0 Å². The number of carbonyl (C=O) groups is 1. The van der Waals surface area contributed by atoms with Crippen LogP contribution in [0.25, 0.3) is 0 Å². The standard InChI is InChI=1S/C19H26N2O2S/c1-4-6-7-12-23-17-10-8-15(9-11-17)19(22)21(3)13-16-14-24-18(5-2)20-16/h8-11,14H,4-7,12-13H2,1-3H3. The molecule has 0 unspecified atom stereocenters. The van der Waals surface area contributed by atoms with Gasteiger partial charge in [0.1, 0.15) is 5.75 Å². The zero-order valence-corrected chi connectivity index (χ0v) is 15.6. The lowest BCUT2D eigenvalue weighted by Crippen LogP contribution is -2.26. The molecule has 24 heavy (non-hydrogen) atoms. The zero-order valence-electron chi connectivity index (χ0n) is 14.7. The molecule has 1 amide bonds. The van der Waals surface area contributed by atoms with E-state index in [1.165, 1.54) is 12.8 Å². The third-order valence-electron chi connectivity index (χ3n) is 3.77. The third kappa shape index (κ3) is 5.34. The van der Waals surface area contributed by atoms with Crippen LogP contribution in [-0.2, 0) is 13.0 Å². The minimum Gasteiger partial charge on any atom is -0.494 e. The van der Waals surface area contributed by atoms with Crippen LogP contribution in [0.3, 0.4) is 0 Å². The number of carbonyl (C=O) groups excluding carboxylic acids is 1. The molecule has 1 heterocycles. The first kappa shape index (κ1) is 18.5. The molecule has 1 aromatic heterocycles. The maximum absolute atomic E-state index is 12.5. The van der Waals surface area contributed by atoms with Crippen molar-refractivity contribution in [3.63, 3.8) is 0 Å². The summed E-state index contributed by atoms with van der Waals surface area (Å²) in [6.45, 7) is 5.52. The lowest BCUT2D eigenvalue weighted by molar-refractivity contribution is 0.0783. The van der Waals surface area contributed by atoms with E-state index in [1.807, 2.05) is 36.7 Å². The van der Waals surface area contributed by atoms with Crippen LogP contribution in [0.5, 0.6) is 5.75 Å². The number of unbranched alkanes of at least 4 members (excludes halogenated alkanes) is 2. The van der Waals surface area contributed by atoms with E-state index in [9.17, 15) is 4.79 Å². The Hall–Kier alpha value is -1.88. The Bertz CT molecular complexity index is 637. The Morgan fingerprint density at radius 1 is 1.21 bits per heavy atom. The van der Waals surface area contributed by atoms with Crippen molar-refractivity contribution >= 4 is 17.2 Å². The summed E-state index contributed by atoms with van der Waals surface area (Å²) in [7, 11) is 1.81. The molecule has 2 rings (SSSR count). The van der Waals surface area contributed by atoms with E-state index in [1.54, 1.807) is 16.2 Å². The minimum atomic E-state index is -0.00131. The molecule has 2 aromatic rings. The highest BCUT2D eigenvalue weighted by atomic mass is 32.1. The molecule has 0 saturated heterocycles. The van der Waals surface area contributed by atoms with Crippen LogP contribution in [-0.4, -0.2) is 29.4 Å². The first-order valence-electron chi connectivity index (χ1n) is 8.55. The fourth-order valence-electron chi connectivity index (χ4n) is 2.35. The van der Waals surface area contributed by atoms with E-state index in [2.05, 4.69) is 18.8 Å². The van der Waals surface area contributed by atoms with Crippen LogP contribution in [0, 0.1) is 0 Å². The van der Waals surface area contributed by atoms with Gasteiger partial charge in [0.05, 0.1) is 23.9 Å². The van der Waals surface area contributed by atoms with Crippen LogP contribution in [0.1, 0.15) is 54.2 Å². The molecule has 0 saturated carbocycles. The van der Waals surface area contributed by atoms with Gasteiger partial charge in [-0.25, -0.2) is 4.98 Å². The van der Waals surface area contributed by atoms with Crippen molar-refractivity contribution in [1.82, 2.24) is 9.88 Å². The molecule has 4 nitrogen and oxygen atoms in total. The average molecular weight is 346 g/mol. The van der Waals surface area contributed by atoms with E-state index < -0.39 is 0 Å². The van der Waals surface area contributed by atoms with Crippen molar-refractivity contribution in [3.8, 4) is 5.75 Å². The SMILES string of the molecule is CCCCCOc1ccc(C(=O)N(C)Cc2csc(CC)n2)cc1. The fraction of sp³-hybridized carbons (Fsp3) is 0.474. The van der Waals surface area contributed by atoms with Crippen LogP contribution < -0.4 is 4.74 Å². The second-order valence-electron chi connectivity index (χ2n) is 5.83. The third-order valence-corrected chi connectivity index (χ3v) is 4.81. The van der Waals surface area contributed by atoms with Crippen molar-refractivity contribution in [1.29, 1.82) is 0 Å². The number of thiazole rings is 1. The number of aryl methyl sites for hydroxylation is 1.